The number of nitrogens with zero attached hydrogens (tertiary/aromatic N) is 1. The maximum Gasteiger partial charge on any atom is 0.255 e. The molecule has 2 rings (SSSR count). The molecule has 1 aromatic carbocycles. The Morgan fingerprint density at radius 2 is 2.00 bits per heavy atom. The number of rotatable bonds is 1. The number of hydrogen-bond donors (Lipinski definition) is 1. The Morgan fingerprint density at radius 1 is 1.35 bits per heavy atom. The van der Waals surface area contributed by atoms with E-state index < -0.39 is 17.4 Å². The van der Waals surface area contributed by atoms with E-state index in [-0.39, 0.29) is 12.5 Å². The number of carbonyl (C=O) groups is 3. The Morgan fingerprint density at radius 3 is 2.60 bits per heavy atom. The van der Waals surface area contributed by atoms with E-state index in [2.05, 4.69) is 21.2 Å². The van der Waals surface area contributed by atoms with Crippen molar-refractivity contribution >= 4 is 33.7 Å². The molecule has 6 heteroatoms. The maximum atomic E-state index is 12.5. The molecule has 1 saturated heterocycles. The van der Waals surface area contributed by atoms with Crippen molar-refractivity contribution in [3.63, 3.8) is 0 Å². The Kier molecular flexibility index (Phi) is 3.69. The van der Waals surface area contributed by atoms with Gasteiger partial charge in [0, 0.05) is 10.0 Å². The normalized spacial score (nSPS) is 17.9. The number of halogens is 1. The first-order chi connectivity index (χ1) is 9.23. The van der Waals surface area contributed by atoms with Gasteiger partial charge in [-0.25, -0.2) is 0 Å². The fourth-order valence-corrected chi connectivity index (χ4v) is 2.37. The molecule has 1 aromatic rings. The van der Waals surface area contributed by atoms with E-state index in [1.807, 2.05) is 13.0 Å². The Labute approximate surface area is 125 Å². The minimum Gasteiger partial charge on any atom is -0.315 e. The highest BCUT2D eigenvalue weighted by Gasteiger charge is 2.43. The molecule has 20 heavy (non-hydrogen) atoms. The zero-order chi connectivity index (χ0) is 15.1. The van der Waals surface area contributed by atoms with Crippen LogP contribution in [0.1, 0.15) is 29.8 Å². The number of aryl methyl sites for hydroxylation is 1. The smallest absolute Gasteiger partial charge is 0.255 e. The van der Waals surface area contributed by atoms with Crippen LogP contribution in [0, 0.1) is 6.92 Å². The number of nitrogens with one attached hydrogen (secondary N) is 1. The number of imide groups is 1. The number of hydrogen-bond acceptors (Lipinski definition) is 3. The summed E-state index contributed by atoms with van der Waals surface area (Å²) < 4.78 is 0.814. The van der Waals surface area contributed by atoms with Crippen LogP contribution in [0.5, 0.6) is 0 Å². The Balaban J connectivity index is 2.38. The Bertz CT molecular complexity index is 610. The average Bonchev–Trinajstić information content (AvgIpc) is 2.36. The summed E-state index contributed by atoms with van der Waals surface area (Å²) in [6.45, 7) is 5.04. The quantitative estimate of drug-likeness (QED) is 0.791. The molecule has 3 amide bonds. The van der Waals surface area contributed by atoms with Gasteiger partial charge >= 0.3 is 0 Å². The summed E-state index contributed by atoms with van der Waals surface area (Å²) >= 11 is 3.37. The third-order valence-corrected chi connectivity index (χ3v) is 4.30. The van der Waals surface area contributed by atoms with E-state index in [0.717, 1.165) is 10.0 Å². The lowest BCUT2D eigenvalue weighted by molar-refractivity contribution is -0.143. The summed E-state index contributed by atoms with van der Waals surface area (Å²) in [5.74, 6) is -1.26. The van der Waals surface area contributed by atoms with Crippen molar-refractivity contribution in [1.82, 2.24) is 10.2 Å². The van der Waals surface area contributed by atoms with Crippen LogP contribution in [0.15, 0.2) is 22.7 Å². The molecule has 0 spiro atoms. The first-order valence-electron chi connectivity index (χ1n) is 6.16. The molecule has 1 aliphatic rings. The number of amides is 3. The fourth-order valence-electron chi connectivity index (χ4n) is 1.99. The van der Waals surface area contributed by atoms with Crippen LogP contribution >= 0.6 is 15.9 Å². The van der Waals surface area contributed by atoms with E-state index in [4.69, 9.17) is 0 Å². The van der Waals surface area contributed by atoms with Crippen LogP contribution in [-0.2, 0) is 9.59 Å². The summed E-state index contributed by atoms with van der Waals surface area (Å²) in [6.07, 6.45) is 0. The molecule has 1 heterocycles. The van der Waals surface area contributed by atoms with E-state index in [1.165, 1.54) is 4.90 Å². The van der Waals surface area contributed by atoms with E-state index in [1.54, 1.807) is 26.0 Å². The molecular weight excluding hydrogens is 324 g/mol. The van der Waals surface area contributed by atoms with Crippen molar-refractivity contribution in [3.05, 3.63) is 33.8 Å². The van der Waals surface area contributed by atoms with Gasteiger partial charge in [0.25, 0.3) is 11.8 Å². The van der Waals surface area contributed by atoms with Gasteiger partial charge in [-0.1, -0.05) is 22.0 Å². The lowest BCUT2D eigenvalue weighted by atomic mass is 9.97. The molecule has 0 saturated carbocycles. The van der Waals surface area contributed by atoms with Crippen LogP contribution in [0.2, 0.25) is 0 Å². The van der Waals surface area contributed by atoms with Gasteiger partial charge in [0.2, 0.25) is 5.91 Å². The predicted molar refractivity (Wildman–Crippen MR) is 77.1 cm³/mol. The molecule has 1 fully saturated rings. The highest BCUT2D eigenvalue weighted by atomic mass is 79.9. The largest absolute Gasteiger partial charge is 0.315 e. The van der Waals surface area contributed by atoms with Crippen molar-refractivity contribution in [2.75, 3.05) is 6.54 Å². The van der Waals surface area contributed by atoms with Crippen molar-refractivity contribution in [2.45, 2.75) is 26.3 Å². The second kappa shape index (κ2) is 5.01. The molecule has 0 bridgehead atoms. The van der Waals surface area contributed by atoms with Crippen molar-refractivity contribution in [3.8, 4) is 0 Å². The van der Waals surface area contributed by atoms with Gasteiger partial charge in [-0.2, -0.15) is 0 Å². The molecule has 5 nitrogen and oxygen atoms in total. The van der Waals surface area contributed by atoms with Gasteiger partial charge < -0.3 is 4.90 Å². The van der Waals surface area contributed by atoms with Gasteiger partial charge in [-0.3, -0.25) is 19.7 Å². The Hall–Kier alpha value is -1.69. The molecule has 0 unspecified atom stereocenters. The number of carbonyl (C=O) groups excluding carboxylic acids is 3. The third-order valence-electron chi connectivity index (χ3n) is 3.45. The summed E-state index contributed by atoms with van der Waals surface area (Å²) in [7, 11) is 0. The lowest BCUT2D eigenvalue weighted by Gasteiger charge is -2.40. The molecule has 106 valence electrons. The molecule has 0 aromatic heterocycles. The zero-order valence-corrected chi connectivity index (χ0v) is 13.1. The van der Waals surface area contributed by atoms with E-state index >= 15 is 0 Å². The summed E-state index contributed by atoms with van der Waals surface area (Å²) in [4.78, 5) is 37.2. The second-order valence-electron chi connectivity index (χ2n) is 5.29. The van der Waals surface area contributed by atoms with E-state index in [0.29, 0.717) is 5.56 Å². The van der Waals surface area contributed by atoms with Crippen molar-refractivity contribution in [2.24, 2.45) is 0 Å². The van der Waals surface area contributed by atoms with Gasteiger partial charge in [-0.05, 0) is 38.5 Å². The van der Waals surface area contributed by atoms with Gasteiger partial charge in [0.1, 0.15) is 12.1 Å². The number of piperazine rings is 1. The first-order valence-corrected chi connectivity index (χ1v) is 6.95. The van der Waals surface area contributed by atoms with Crippen molar-refractivity contribution in [1.29, 1.82) is 0 Å². The SMILES string of the molecule is Cc1ccc(C(=O)N2CC(=O)NC(=O)C2(C)C)cc1Br. The highest BCUT2D eigenvalue weighted by Crippen LogP contribution is 2.23. The predicted octanol–water partition coefficient (Wildman–Crippen LogP) is 1.63. The molecule has 1 aliphatic heterocycles. The van der Waals surface area contributed by atoms with Crippen LogP contribution in [0.25, 0.3) is 0 Å². The third kappa shape index (κ3) is 2.47. The van der Waals surface area contributed by atoms with Gasteiger partial charge in [-0.15, -0.1) is 0 Å². The summed E-state index contributed by atoms with van der Waals surface area (Å²) in [5, 5.41) is 2.25. The fraction of sp³-hybridized carbons (Fsp3) is 0.357. The highest BCUT2D eigenvalue weighted by molar-refractivity contribution is 9.10. The van der Waals surface area contributed by atoms with Crippen molar-refractivity contribution < 1.29 is 14.4 Å². The van der Waals surface area contributed by atoms with Crippen LogP contribution in [-0.4, -0.2) is 34.7 Å². The number of benzene rings is 1. The monoisotopic (exact) mass is 338 g/mol. The molecule has 0 aliphatic carbocycles. The molecule has 0 radical (unpaired) electrons. The van der Waals surface area contributed by atoms with E-state index in [9.17, 15) is 14.4 Å². The standard InChI is InChI=1S/C14H15BrN2O3/c1-8-4-5-9(6-10(8)15)12(19)17-7-11(18)16-13(20)14(17,2)3/h4-6H,7H2,1-3H3,(H,16,18,20). The molecule has 0 atom stereocenters. The van der Waals surface area contributed by atoms with Crippen LogP contribution in [0.3, 0.4) is 0 Å². The summed E-state index contributed by atoms with van der Waals surface area (Å²) in [5.41, 5.74) is 0.397. The lowest BCUT2D eigenvalue weighted by Crippen LogP contribution is -2.65. The zero-order valence-electron chi connectivity index (χ0n) is 11.5. The van der Waals surface area contributed by atoms with Gasteiger partial charge in [0.15, 0.2) is 0 Å². The minimum atomic E-state index is -1.05. The topological polar surface area (TPSA) is 66.5 Å². The second-order valence-corrected chi connectivity index (χ2v) is 6.15. The first kappa shape index (κ1) is 14.7. The maximum absolute atomic E-state index is 12.5. The summed E-state index contributed by atoms with van der Waals surface area (Å²) in [6, 6.07) is 5.20. The molecular formula is C14H15BrN2O3. The van der Waals surface area contributed by atoms with Crippen LogP contribution < -0.4 is 5.32 Å². The van der Waals surface area contributed by atoms with Gasteiger partial charge in [0.05, 0.1) is 0 Å². The average molecular weight is 339 g/mol. The van der Waals surface area contributed by atoms with Crippen LogP contribution in [0.4, 0.5) is 0 Å². The minimum absolute atomic E-state index is 0.122. The molecule has 1 N–H and O–H groups in total.